The van der Waals surface area contributed by atoms with Crippen molar-refractivity contribution < 1.29 is 0 Å². The van der Waals surface area contributed by atoms with E-state index in [2.05, 4.69) is 17.2 Å². The molecular weight excluding hydrogens is 359 g/mol. The van der Waals surface area contributed by atoms with Gasteiger partial charge in [-0.2, -0.15) is 0 Å². The second-order valence-corrected chi connectivity index (χ2v) is 6.11. The average Bonchev–Trinajstić information content (AvgIpc) is 2.42. The zero-order chi connectivity index (χ0) is 10.8. The third-order valence-corrected chi connectivity index (χ3v) is 2.95. The minimum atomic E-state index is -1.45. The van der Waals surface area contributed by atoms with E-state index in [1.165, 1.54) is 0 Å². The minimum absolute atomic E-state index is 0.552. The van der Waals surface area contributed by atoms with Crippen LogP contribution in [-0.2, 0) is 10.3 Å². The third-order valence-electron chi connectivity index (χ3n) is 1.69. The second kappa shape index (κ2) is 5.18. The fourth-order valence-electron chi connectivity index (χ4n) is 1.02. The van der Waals surface area contributed by atoms with Crippen LogP contribution in [0.25, 0.3) is 0 Å². The summed E-state index contributed by atoms with van der Waals surface area (Å²) in [5.74, 6) is 0. The Morgan fingerprint density at radius 2 is 2.07 bits per heavy atom. The molecule has 0 radical (unpaired) electrons. The number of nitrogens with zero attached hydrogens (tertiary/aromatic N) is 3. The molecule has 1 heterocycles. The first-order valence-corrected chi connectivity index (χ1v) is 6.34. The molecule has 3 nitrogen and oxygen atoms in total. The van der Waals surface area contributed by atoms with E-state index in [0.717, 1.165) is 19.4 Å². The number of aryl methyl sites for hydroxylation is 1. The Hall–Kier alpha value is 0.740. The second-order valence-electron chi connectivity index (χ2n) is 2.80. The highest BCUT2D eigenvalue weighted by atomic mass is 127. The van der Waals surface area contributed by atoms with E-state index in [-0.39, 0.29) is 0 Å². The normalized spacial score (nSPS) is 12.1. The van der Waals surface area contributed by atoms with Crippen LogP contribution >= 0.6 is 57.4 Å². The first-order valence-electron chi connectivity index (χ1n) is 4.13. The van der Waals surface area contributed by atoms with Gasteiger partial charge in [0.2, 0.25) is 3.79 Å². The standard InChI is InChI=1S/C7H9Cl3IN3/c1-2-3-4-14-5(7(8,9)10)6(11)12-13-14/h2-4H2,1H3. The van der Waals surface area contributed by atoms with Crippen molar-refractivity contribution in [1.29, 1.82) is 0 Å². The third kappa shape index (κ3) is 3.12. The summed E-state index contributed by atoms with van der Waals surface area (Å²) in [6, 6.07) is 0. The Bertz CT molecular complexity index is 308. The van der Waals surface area contributed by atoms with Gasteiger partial charge in [0.05, 0.1) is 0 Å². The zero-order valence-corrected chi connectivity index (χ0v) is 11.9. The molecule has 0 saturated heterocycles. The molecule has 1 aromatic heterocycles. The molecule has 1 rings (SSSR count). The van der Waals surface area contributed by atoms with Crippen molar-refractivity contribution in [3.8, 4) is 0 Å². The van der Waals surface area contributed by atoms with E-state index in [1.54, 1.807) is 4.68 Å². The lowest BCUT2D eigenvalue weighted by atomic mass is 10.3. The molecule has 0 bridgehead atoms. The summed E-state index contributed by atoms with van der Waals surface area (Å²) < 4.78 is 0.838. The number of unbranched alkanes of at least 4 members (excludes halogenated alkanes) is 1. The molecule has 0 aliphatic rings. The molecule has 0 spiro atoms. The molecule has 0 aromatic carbocycles. The SMILES string of the molecule is CCCCn1nnc(I)c1C(Cl)(Cl)Cl. The zero-order valence-electron chi connectivity index (χ0n) is 7.47. The molecule has 0 fully saturated rings. The van der Waals surface area contributed by atoms with Crippen molar-refractivity contribution in [3.05, 3.63) is 9.39 Å². The largest absolute Gasteiger partial charge is 0.244 e. The summed E-state index contributed by atoms with van der Waals surface area (Å²) >= 11 is 19.5. The molecule has 0 amide bonds. The quantitative estimate of drug-likeness (QED) is 0.604. The average molecular weight is 368 g/mol. The van der Waals surface area contributed by atoms with Crippen LogP contribution in [0.3, 0.4) is 0 Å². The van der Waals surface area contributed by atoms with Crippen LogP contribution in [0.2, 0.25) is 0 Å². The van der Waals surface area contributed by atoms with Crippen LogP contribution in [0.15, 0.2) is 0 Å². The molecular formula is C7H9Cl3IN3. The first kappa shape index (κ1) is 12.8. The molecule has 1 aromatic rings. The minimum Gasteiger partial charge on any atom is -0.244 e. The summed E-state index contributed by atoms with van der Waals surface area (Å²) in [4.78, 5) is 0. The summed E-state index contributed by atoms with van der Waals surface area (Å²) in [6.45, 7) is 2.83. The van der Waals surface area contributed by atoms with Crippen molar-refractivity contribution in [3.63, 3.8) is 0 Å². The molecule has 0 aliphatic heterocycles. The van der Waals surface area contributed by atoms with Gasteiger partial charge in [-0.3, -0.25) is 0 Å². The van der Waals surface area contributed by atoms with Gasteiger partial charge in [0.15, 0.2) is 3.70 Å². The highest BCUT2D eigenvalue weighted by Crippen LogP contribution is 2.39. The van der Waals surface area contributed by atoms with Gasteiger partial charge in [0.25, 0.3) is 0 Å². The smallest absolute Gasteiger partial charge is 0.234 e. The van der Waals surface area contributed by atoms with Crippen LogP contribution in [0, 0.1) is 3.70 Å². The topological polar surface area (TPSA) is 30.7 Å². The van der Waals surface area contributed by atoms with Gasteiger partial charge >= 0.3 is 0 Å². The van der Waals surface area contributed by atoms with Crippen molar-refractivity contribution in [1.82, 2.24) is 15.0 Å². The fraction of sp³-hybridized carbons (Fsp3) is 0.714. The van der Waals surface area contributed by atoms with Gasteiger partial charge in [0, 0.05) is 6.54 Å². The van der Waals surface area contributed by atoms with Crippen LogP contribution in [0.4, 0.5) is 0 Å². The molecule has 14 heavy (non-hydrogen) atoms. The Morgan fingerprint density at radius 1 is 1.43 bits per heavy atom. The Kier molecular flexibility index (Phi) is 4.74. The lowest BCUT2D eigenvalue weighted by Crippen LogP contribution is -2.13. The summed E-state index contributed by atoms with van der Waals surface area (Å²) in [5.41, 5.74) is 0.552. The van der Waals surface area contributed by atoms with Gasteiger partial charge in [-0.25, -0.2) is 4.68 Å². The number of halogens is 4. The lowest BCUT2D eigenvalue weighted by molar-refractivity contribution is 0.535. The highest BCUT2D eigenvalue weighted by molar-refractivity contribution is 14.1. The predicted octanol–water partition coefficient (Wildman–Crippen LogP) is 3.51. The summed E-state index contributed by atoms with van der Waals surface area (Å²) in [7, 11) is 0. The Balaban J connectivity index is 2.95. The molecule has 7 heteroatoms. The van der Waals surface area contributed by atoms with E-state index in [4.69, 9.17) is 34.8 Å². The fourth-order valence-corrected chi connectivity index (χ4v) is 2.84. The van der Waals surface area contributed by atoms with Gasteiger partial charge in [-0.05, 0) is 29.0 Å². The summed E-state index contributed by atoms with van der Waals surface area (Å²) in [5, 5.41) is 7.81. The van der Waals surface area contributed by atoms with Crippen molar-refractivity contribution in [2.45, 2.75) is 30.1 Å². The molecule has 0 atom stereocenters. The molecule has 0 aliphatic carbocycles. The number of hydrogen-bond donors (Lipinski definition) is 0. The van der Waals surface area contributed by atoms with Crippen molar-refractivity contribution >= 4 is 57.4 Å². The van der Waals surface area contributed by atoms with E-state index < -0.39 is 3.79 Å². The van der Waals surface area contributed by atoms with Gasteiger partial charge in [-0.15, -0.1) is 5.10 Å². The van der Waals surface area contributed by atoms with Crippen molar-refractivity contribution in [2.75, 3.05) is 0 Å². The number of aromatic nitrogens is 3. The van der Waals surface area contributed by atoms with Crippen molar-refractivity contribution in [2.24, 2.45) is 0 Å². The van der Waals surface area contributed by atoms with E-state index in [1.807, 2.05) is 22.6 Å². The van der Waals surface area contributed by atoms with Gasteiger partial charge < -0.3 is 0 Å². The van der Waals surface area contributed by atoms with Crippen LogP contribution in [0.5, 0.6) is 0 Å². The number of hydrogen-bond acceptors (Lipinski definition) is 2. The molecule has 80 valence electrons. The maximum atomic E-state index is 5.81. The summed E-state index contributed by atoms with van der Waals surface area (Å²) in [6.07, 6.45) is 2.06. The number of alkyl halides is 3. The maximum Gasteiger partial charge on any atom is 0.234 e. The lowest BCUT2D eigenvalue weighted by Gasteiger charge is -2.12. The molecule has 0 N–H and O–H groups in total. The van der Waals surface area contributed by atoms with Crippen LogP contribution < -0.4 is 0 Å². The highest BCUT2D eigenvalue weighted by Gasteiger charge is 2.31. The van der Waals surface area contributed by atoms with Gasteiger partial charge in [-0.1, -0.05) is 53.4 Å². The molecule has 0 saturated carbocycles. The Morgan fingerprint density at radius 3 is 2.57 bits per heavy atom. The number of rotatable bonds is 3. The van der Waals surface area contributed by atoms with E-state index in [9.17, 15) is 0 Å². The van der Waals surface area contributed by atoms with Crippen LogP contribution in [-0.4, -0.2) is 15.0 Å². The monoisotopic (exact) mass is 367 g/mol. The van der Waals surface area contributed by atoms with Crippen LogP contribution in [0.1, 0.15) is 25.5 Å². The van der Waals surface area contributed by atoms with Gasteiger partial charge in [0.1, 0.15) is 5.69 Å². The van der Waals surface area contributed by atoms with E-state index in [0.29, 0.717) is 9.39 Å². The van der Waals surface area contributed by atoms with E-state index >= 15 is 0 Å². The Labute approximate surface area is 111 Å². The molecule has 0 unspecified atom stereocenters. The maximum absolute atomic E-state index is 5.81. The predicted molar refractivity (Wildman–Crippen MR) is 66.9 cm³/mol. The first-order chi connectivity index (χ1) is 6.46.